The van der Waals surface area contributed by atoms with Crippen LogP contribution in [0.25, 0.3) is 0 Å². The molecule has 0 aliphatic carbocycles. The third-order valence-corrected chi connectivity index (χ3v) is 7.84. The zero-order valence-corrected chi connectivity index (χ0v) is 11.9. The summed E-state index contributed by atoms with van der Waals surface area (Å²) in [6, 6.07) is 0. The predicted molar refractivity (Wildman–Crippen MR) is 48.2 cm³/mol. The van der Waals surface area contributed by atoms with E-state index < -0.39 is 47.4 Å². The molecule has 3 spiro atoms. The Bertz CT molecular complexity index is 762. The zero-order valence-electron chi connectivity index (χ0n) is 9.21. The van der Waals surface area contributed by atoms with Crippen LogP contribution in [0.5, 0.6) is 0 Å². The molecule has 10 saturated heterocycles. The molecule has 1 unspecified atom stereocenters. The van der Waals surface area contributed by atoms with E-state index >= 15 is 0 Å². The van der Waals surface area contributed by atoms with Gasteiger partial charge in [-0.3, -0.25) is 4.52 Å². The number of nitrogens with zero attached hydrogens (tertiary/aromatic N) is 2. The van der Waals surface area contributed by atoms with Crippen molar-refractivity contribution in [1.82, 2.24) is 10.1 Å². The Labute approximate surface area is 113 Å². The maximum Gasteiger partial charge on any atom is 0.499 e. The average molecular weight is 362 g/mol. The Morgan fingerprint density at radius 2 is 1.38 bits per heavy atom. The quantitative estimate of drug-likeness (QED) is 0.544. The van der Waals surface area contributed by atoms with Crippen LogP contribution in [-0.4, -0.2) is 34.1 Å². The molecule has 14 nitrogen and oxygen atoms in total. The first kappa shape index (κ1) is 11.7. The van der Waals surface area contributed by atoms with Crippen LogP contribution in [-0.2, 0) is 54.6 Å². The largest absolute Gasteiger partial charge is 0.499 e. The van der Waals surface area contributed by atoms with E-state index in [1.165, 1.54) is 0 Å². The highest BCUT2D eigenvalue weighted by atomic mass is 31.2. The third-order valence-electron chi connectivity index (χ3n) is 3.79. The lowest BCUT2D eigenvalue weighted by atomic mass is 10.2. The van der Waals surface area contributed by atoms with Gasteiger partial charge in [-0.05, 0) is 0 Å². The molecule has 10 aliphatic heterocycles. The van der Waals surface area contributed by atoms with Gasteiger partial charge in [0.25, 0.3) is 0 Å². The van der Waals surface area contributed by atoms with Crippen LogP contribution in [0.3, 0.4) is 0 Å². The molecule has 10 rings (SSSR count). The second-order valence-corrected chi connectivity index (χ2v) is 9.24. The number of hydrogen-bond acceptors (Lipinski definition) is 14. The number of rotatable bonds is 0. The van der Waals surface area contributed by atoms with Gasteiger partial charge in [-0.2, -0.15) is 9.25 Å². The van der Waals surface area contributed by atoms with Crippen molar-refractivity contribution in [2.24, 2.45) is 0 Å². The maximum absolute atomic E-state index is 11.9. The van der Waals surface area contributed by atoms with E-state index in [-0.39, 0.29) is 0 Å². The number of piperazine rings is 1. The molecular weight excluding hydrogens is 361 g/mol. The SMILES string of the molecule is O=P12OC3N4OP5(=O)OC4(O5)C45OP(=O)(ON4C3(O1)O2)O5. The molecule has 6 bridgehead atoms. The van der Waals surface area contributed by atoms with Crippen LogP contribution >= 0.6 is 23.5 Å². The summed E-state index contributed by atoms with van der Waals surface area (Å²) in [6.45, 7) is 0. The summed E-state index contributed by atoms with van der Waals surface area (Å²) in [7, 11) is -11.6. The second-order valence-electron chi connectivity index (χ2n) is 4.92. The Morgan fingerprint density at radius 1 is 0.762 bits per heavy atom. The molecular formula is C4HN2O12P3. The van der Waals surface area contributed by atoms with Crippen LogP contribution in [0, 0.1) is 0 Å². The van der Waals surface area contributed by atoms with Gasteiger partial charge in [0.2, 0.25) is 6.23 Å². The van der Waals surface area contributed by atoms with Crippen molar-refractivity contribution >= 4 is 23.5 Å². The smallest absolute Gasteiger partial charge is 0.257 e. The van der Waals surface area contributed by atoms with Gasteiger partial charge in [-0.1, -0.05) is 10.1 Å². The molecule has 0 N–H and O–H groups in total. The van der Waals surface area contributed by atoms with Crippen molar-refractivity contribution in [1.29, 1.82) is 0 Å². The van der Waals surface area contributed by atoms with Gasteiger partial charge in [0.15, 0.2) is 0 Å². The minimum atomic E-state index is -3.90. The topological polar surface area (TPSA) is 141 Å². The molecule has 1 atom stereocenters. The highest BCUT2D eigenvalue weighted by Gasteiger charge is 3.03. The van der Waals surface area contributed by atoms with Crippen molar-refractivity contribution < 1.29 is 54.6 Å². The normalized spacial score (nSPS) is 75.7. The number of phosphoric ester groups is 3. The fraction of sp³-hybridized carbons (Fsp3) is 1.00. The van der Waals surface area contributed by atoms with Gasteiger partial charge in [-0.15, -0.1) is 0 Å². The molecule has 21 heavy (non-hydrogen) atoms. The van der Waals surface area contributed by atoms with Crippen LogP contribution in [0.4, 0.5) is 0 Å². The van der Waals surface area contributed by atoms with Crippen LogP contribution in [0.15, 0.2) is 0 Å². The first-order valence-corrected chi connectivity index (χ1v) is 9.87. The van der Waals surface area contributed by atoms with E-state index in [4.69, 9.17) is 40.9 Å². The summed E-state index contributed by atoms with van der Waals surface area (Å²) in [5.74, 6) is -6.01. The van der Waals surface area contributed by atoms with Gasteiger partial charge in [0, 0.05) is 0 Å². The Hall–Kier alpha value is 0.250. The zero-order chi connectivity index (χ0) is 14.1. The summed E-state index contributed by atoms with van der Waals surface area (Å²) >= 11 is 0. The van der Waals surface area contributed by atoms with Crippen molar-refractivity contribution in [2.75, 3.05) is 0 Å². The highest BCUT2D eigenvalue weighted by Crippen LogP contribution is 2.92. The maximum atomic E-state index is 11.9. The second kappa shape index (κ2) is 2.55. The predicted octanol–water partition coefficient (Wildman–Crippen LogP) is 0.277. The van der Waals surface area contributed by atoms with Crippen molar-refractivity contribution in [2.45, 2.75) is 24.0 Å². The van der Waals surface area contributed by atoms with E-state index in [0.717, 1.165) is 10.1 Å². The molecule has 0 saturated carbocycles. The summed E-state index contributed by atoms with van der Waals surface area (Å²) in [4.78, 5) is 0. The molecule has 0 aromatic rings. The van der Waals surface area contributed by atoms with Crippen molar-refractivity contribution in [3.05, 3.63) is 0 Å². The minimum Gasteiger partial charge on any atom is -0.257 e. The van der Waals surface area contributed by atoms with Crippen LogP contribution < -0.4 is 0 Å². The number of hydrogen-bond donors (Lipinski definition) is 0. The average Bonchev–Trinajstić information content (AvgIpc) is 2.97. The fourth-order valence-corrected chi connectivity index (χ4v) is 7.63. The van der Waals surface area contributed by atoms with E-state index in [9.17, 15) is 13.7 Å². The molecule has 17 heteroatoms. The van der Waals surface area contributed by atoms with Crippen molar-refractivity contribution in [3.63, 3.8) is 0 Å². The molecule has 10 fully saturated rings. The molecule has 10 aliphatic rings. The van der Waals surface area contributed by atoms with E-state index in [0.29, 0.717) is 0 Å². The first-order chi connectivity index (χ1) is 9.77. The summed E-state index contributed by atoms with van der Waals surface area (Å²) in [5, 5.41) is 1.57. The van der Waals surface area contributed by atoms with Gasteiger partial charge >= 0.3 is 41.2 Å². The fourth-order valence-electron chi connectivity index (χ4n) is 3.13. The summed E-state index contributed by atoms with van der Waals surface area (Å²) in [6.07, 6.45) is -1.34. The van der Waals surface area contributed by atoms with Gasteiger partial charge in [0.05, 0.1) is 0 Å². The van der Waals surface area contributed by atoms with Gasteiger partial charge in [-0.25, -0.2) is 40.8 Å². The van der Waals surface area contributed by atoms with Gasteiger partial charge in [0.1, 0.15) is 0 Å². The van der Waals surface area contributed by atoms with E-state index in [1.807, 2.05) is 0 Å². The molecule has 0 aromatic carbocycles. The van der Waals surface area contributed by atoms with Crippen molar-refractivity contribution in [3.8, 4) is 0 Å². The lowest BCUT2D eigenvalue weighted by Gasteiger charge is -2.56. The first-order valence-electron chi connectivity index (χ1n) is 5.48. The number of phosphoric acid groups is 3. The molecule has 114 valence electrons. The molecule has 0 aromatic heterocycles. The number of hydroxylamine groups is 4. The third kappa shape index (κ3) is 0.866. The monoisotopic (exact) mass is 362 g/mol. The molecule has 0 radical (unpaired) electrons. The molecule has 0 amide bonds. The molecule has 10 heterocycles. The van der Waals surface area contributed by atoms with E-state index in [2.05, 4.69) is 0 Å². The Balaban J connectivity index is 1.52. The Kier molecular flexibility index (Phi) is 1.42. The highest BCUT2D eigenvalue weighted by molar-refractivity contribution is 7.51. The standard InChI is InChI=1S/C4HN2O12P3/c7-19-10-1-2(11-19,12-19)6-4(15-21(9,16-4)18-6)3-5(1)17-20(8,13-3)14-3/h1H. The Morgan fingerprint density at radius 3 is 2.10 bits per heavy atom. The van der Waals surface area contributed by atoms with Gasteiger partial charge < -0.3 is 0 Å². The summed E-state index contributed by atoms with van der Waals surface area (Å²) < 4.78 is 81.4. The lowest BCUT2D eigenvalue weighted by molar-refractivity contribution is -0.557. The van der Waals surface area contributed by atoms with E-state index in [1.54, 1.807) is 0 Å². The lowest BCUT2D eigenvalue weighted by Crippen LogP contribution is -2.84. The minimum absolute atomic E-state index is 0.753. The van der Waals surface area contributed by atoms with Crippen LogP contribution in [0.1, 0.15) is 0 Å². The summed E-state index contributed by atoms with van der Waals surface area (Å²) in [5.41, 5.74) is 0. The van der Waals surface area contributed by atoms with Crippen LogP contribution in [0.2, 0.25) is 0 Å².